The number of benzene rings is 3. The number of carbonyl (C=O) groups excluding carboxylic acids is 6. The molecule has 3 aromatic carbocycles. The van der Waals surface area contributed by atoms with Crippen molar-refractivity contribution in [1.82, 2.24) is 5.32 Å². The van der Waals surface area contributed by atoms with Crippen LogP contribution in [0.2, 0.25) is 0 Å². The first kappa shape index (κ1) is 41.2. The van der Waals surface area contributed by atoms with Crippen LogP contribution in [0.1, 0.15) is 90.7 Å². The predicted octanol–water partition coefficient (Wildman–Crippen LogP) is 3.87. The van der Waals surface area contributed by atoms with E-state index in [0.29, 0.717) is 0 Å². The maximum absolute atomic E-state index is 15.6. The van der Waals surface area contributed by atoms with Crippen LogP contribution in [0.5, 0.6) is 0 Å². The molecule has 63 heavy (non-hydrogen) atoms. The summed E-state index contributed by atoms with van der Waals surface area (Å²) >= 11 is 0. The van der Waals surface area contributed by atoms with Crippen LogP contribution < -0.4 is 5.32 Å². The molecule has 3 aliphatic carbocycles. The molecule has 0 unspecified atom stereocenters. The third kappa shape index (κ3) is 7.62. The van der Waals surface area contributed by atoms with Crippen molar-refractivity contribution in [1.29, 1.82) is 0 Å². The standard InChI is InChI=1S/C47H50FNO14/c1-24-31(61-43(57)36(53)35(27-17-19-30(48)20-18-27)49-41(55)28-13-9-7-10-14-28)22-47(58)40(62-42(56)29-15-11-8-12-16-29)38-45(6,32(52)21-33-46(38,23-59-33)63-26(3)51)39(54)37(60-25(2)50)34(24)44(47,4)5/h7-20,31-33,35-38,40,52-53,58H,21-23H2,1-6H3,(H,49,55)/t31-,32-,33+,35-,36+,37+,38-,40-,45+,46-,47+/m0/s1/i3D3. The Labute approximate surface area is 366 Å². The Bertz CT molecular complexity index is 2450. The van der Waals surface area contributed by atoms with E-state index >= 15 is 4.79 Å². The number of hydrogen-bond acceptors (Lipinski definition) is 14. The minimum absolute atomic E-state index is 0.0451. The van der Waals surface area contributed by atoms with Crippen molar-refractivity contribution in [2.24, 2.45) is 16.7 Å². The fourth-order valence-corrected chi connectivity index (χ4v) is 10.1. The van der Waals surface area contributed by atoms with Crippen LogP contribution in [0.15, 0.2) is 96.1 Å². The third-order valence-corrected chi connectivity index (χ3v) is 13.5. The van der Waals surface area contributed by atoms with Crippen molar-refractivity contribution in [2.75, 3.05) is 6.61 Å². The SMILES string of the molecule is [2H]C([2H])([2H])C(=O)O[C@@]12CO[C@@H]1C[C@H](O)[C@@]1(C)C(=O)[C@H](OC(C)=O)C3=C(C)[C@@H](OC(=O)[C@H](O)[C@@H](NC(=O)c4ccccc4)c4ccc(F)cc4)C[C@@](O)([C@@H](OC(=O)c4ccccc4)[C@H]21)C3(C)C. The molecule has 4 aliphatic rings. The van der Waals surface area contributed by atoms with Gasteiger partial charge in [0, 0.05) is 41.7 Å². The second-order valence-corrected chi connectivity index (χ2v) is 17.3. The number of hydrogen-bond donors (Lipinski definition) is 4. The van der Waals surface area contributed by atoms with Gasteiger partial charge >= 0.3 is 23.9 Å². The van der Waals surface area contributed by atoms with Crippen LogP contribution in [0.4, 0.5) is 4.39 Å². The topological polar surface area (TPSA) is 221 Å². The molecule has 1 amide bonds. The van der Waals surface area contributed by atoms with E-state index in [1.54, 1.807) is 24.3 Å². The molecular formula is C47H50FNO14. The molecule has 0 aromatic heterocycles. The lowest BCUT2D eigenvalue weighted by molar-refractivity contribution is -0.346. The summed E-state index contributed by atoms with van der Waals surface area (Å²) in [5, 5.41) is 40.2. The van der Waals surface area contributed by atoms with Gasteiger partial charge in [0.25, 0.3) is 5.91 Å². The summed E-state index contributed by atoms with van der Waals surface area (Å²) in [6.45, 7) is 2.63. The second-order valence-electron chi connectivity index (χ2n) is 17.3. The van der Waals surface area contributed by atoms with E-state index in [2.05, 4.69) is 5.32 Å². The van der Waals surface area contributed by atoms with Crippen LogP contribution in [0, 0.1) is 22.6 Å². The van der Waals surface area contributed by atoms with Crippen molar-refractivity contribution in [3.05, 3.63) is 119 Å². The van der Waals surface area contributed by atoms with E-state index in [-0.39, 0.29) is 27.8 Å². The number of nitrogens with one attached hydrogen (secondary N) is 1. The van der Waals surface area contributed by atoms with Crippen molar-refractivity contribution in [3.63, 3.8) is 0 Å². The van der Waals surface area contributed by atoms with Crippen molar-refractivity contribution < 1.29 is 76.3 Å². The largest absolute Gasteiger partial charge is 0.456 e. The molecule has 16 heteroatoms. The highest BCUT2D eigenvalue weighted by Crippen LogP contribution is 2.64. The predicted molar refractivity (Wildman–Crippen MR) is 218 cm³/mol. The molecular weight excluding hydrogens is 822 g/mol. The Morgan fingerprint density at radius 1 is 0.905 bits per heavy atom. The zero-order valence-electron chi connectivity index (χ0n) is 38.0. The molecule has 2 saturated carbocycles. The summed E-state index contributed by atoms with van der Waals surface area (Å²) in [6.07, 6.45) is -12.1. The number of ketones is 1. The summed E-state index contributed by atoms with van der Waals surface area (Å²) in [7, 11) is 0. The zero-order valence-corrected chi connectivity index (χ0v) is 35.0. The number of esters is 4. The first-order chi connectivity index (χ1) is 30.9. The molecule has 7 rings (SSSR count). The number of ether oxygens (including phenoxy) is 5. The fraction of sp³-hybridized carbons (Fsp3) is 0.447. The number of amides is 1. The third-order valence-electron chi connectivity index (χ3n) is 13.5. The molecule has 0 spiro atoms. The van der Waals surface area contributed by atoms with Crippen molar-refractivity contribution >= 4 is 35.6 Å². The van der Waals surface area contributed by atoms with Gasteiger partial charge in [0.05, 0.1) is 35.6 Å². The average molecular weight is 875 g/mol. The van der Waals surface area contributed by atoms with Crippen LogP contribution in [0.3, 0.4) is 0 Å². The molecule has 3 fully saturated rings. The van der Waals surface area contributed by atoms with E-state index < -0.39 is 138 Å². The van der Waals surface area contributed by atoms with E-state index in [1.165, 1.54) is 76.2 Å². The van der Waals surface area contributed by atoms with Gasteiger partial charge in [-0.05, 0) is 67.0 Å². The normalized spacial score (nSPS) is 32.5. The van der Waals surface area contributed by atoms with Crippen LogP contribution in [0.25, 0.3) is 0 Å². The number of aliphatic hydroxyl groups is 3. The maximum atomic E-state index is 15.6. The van der Waals surface area contributed by atoms with Gasteiger partial charge in [-0.25, -0.2) is 14.0 Å². The fourth-order valence-electron chi connectivity index (χ4n) is 10.1. The Morgan fingerprint density at radius 3 is 2.10 bits per heavy atom. The molecule has 4 N–H and O–H groups in total. The minimum Gasteiger partial charge on any atom is -0.456 e. The Morgan fingerprint density at radius 2 is 1.52 bits per heavy atom. The van der Waals surface area contributed by atoms with Gasteiger partial charge in [0.15, 0.2) is 23.6 Å². The average Bonchev–Trinajstić information content (AvgIpc) is 3.26. The van der Waals surface area contributed by atoms with Crippen LogP contribution >= 0.6 is 0 Å². The summed E-state index contributed by atoms with van der Waals surface area (Å²) in [6, 6.07) is 18.3. The second kappa shape index (κ2) is 16.7. The van der Waals surface area contributed by atoms with E-state index in [4.69, 9.17) is 27.8 Å². The molecule has 3 aromatic rings. The summed E-state index contributed by atoms with van der Waals surface area (Å²) in [4.78, 5) is 84.2. The number of fused-ring (bicyclic) bond motifs is 5. The lowest BCUT2D eigenvalue weighted by Crippen LogP contribution is -2.82. The van der Waals surface area contributed by atoms with Gasteiger partial charge in [-0.2, -0.15) is 0 Å². The summed E-state index contributed by atoms with van der Waals surface area (Å²) in [5.41, 5.74) is -8.80. The van der Waals surface area contributed by atoms with Gasteiger partial charge in [-0.3, -0.25) is 19.2 Å². The van der Waals surface area contributed by atoms with Gasteiger partial charge in [-0.1, -0.05) is 62.4 Å². The highest BCUT2D eigenvalue weighted by Gasteiger charge is 2.78. The van der Waals surface area contributed by atoms with Gasteiger partial charge < -0.3 is 44.3 Å². The summed E-state index contributed by atoms with van der Waals surface area (Å²) < 4.78 is 67.5. The van der Waals surface area contributed by atoms with Gasteiger partial charge in [-0.15, -0.1) is 0 Å². The van der Waals surface area contributed by atoms with E-state index in [9.17, 15) is 43.7 Å². The first-order valence-corrected chi connectivity index (χ1v) is 20.3. The van der Waals surface area contributed by atoms with Gasteiger partial charge in [0.2, 0.25) is 0 Å². The molecule has 1 saturated heterocycles. The summed E-state index contributed by atoms with van der Waals surface area (Å²) in [5.74, 6) is -9.44. The molecule has 15 nitrogen and oxygen atoms in total. The van der Waals surface area contributed by atoms with Crippen molar-refractivity contribution in [3.8, 4) is 0 Å². The highest BCUT2D eigenvalue weighted by atomic mass is 19.1. The number of rotatable bonds is 10. The zero-order chi connectivity index (χ0) is 48.3. The molecule has 1 aliphatic heterocycles. The molecule has 0 radical (unpaired) electrons. The lowest BCUT2D eigenvalue weighted by atomic mass is 9.44. The number of halogens is 1. The lowest BCUT2D eigenvalue weighted by Gasteiger charge is -2.67. The minimum atomic E-state index is -3.37. The number of aliphatic hydroxyl groups excluding tert-OH is 2. The molecule has 1 heterocycles. The number of carbonyl (C=O) groups is 6. The Kier molecular flexibility index (Phi) is 10.9. The highest BCUT2D eigenvalue weighted by molar-refractivity contribution is 5.96. The maximum Gasteiger partial charge on any atom is 0.338 e. The van der Waals surface area contributed by atoms with Gasteiger partial charge in [0.1, 0.15) is 29.7 Å². The molecule has 2 bridgehead atoms. The van der Waals surface area contributed by atoms with Crippen LogP contribution in [-0.4, -0.2) is 105 Å². The first-order valence-electron chi connectivity index (χ1n) is 21.8. The van der Waals surface area contributed by atoms with Crippen LogP contribution in [-0.2, 0) is 42.9 Å². The smallest absolute Gasteiger partial charge is 0.338 e. The molecule has 11 atom stereocenters. The molecule has 334 valence electrons. The number of Topliss-reactive ketones (excluding diaryl/α,β-unsaturated/α-hetero) is 1. The Balaban J connectivity index is 1.40. The monoisotopic (exact) mass is 874 g/mol. The van der Waals surface area contributed by atoms with E-state index in [1.807, 2.05) is 0 Å². The van der Waals surface area contributed by atoms with E-state index in [0.717, 1.165) is 19.1 Å². The van der Waals surface area contributed by atoms with Crippen molar-refractivity contribution in [2.45, 2.75) is 108 Å². The Hall–Kier alpha value is -5.81. The quantitative estimate of drug-likeness (QED) is 0.129.